The molecule has 4 rings (SSSR count). The molecule has 0 aliphatic carbocycles. The number of ether oxygens (including phenoxy) is 2. The molecule has 2 heterocycles. The number of thioether (sulfide) groups is 1. The average Bonchev–Trinajstić information content (AvgIpc) is 3.39. The van der Waals surface area contributed by atoms with Crippen LogP contribution in [0.25, 0.3) is 0 Å². The van der Waals surface area contributed by atoms with Crippen molar-refractivity contribution in [2.45, 2.75) is 30.1 Å². The largest absolute Gasteiger partial charge is 0.497 e. The Hall–Kier alpha value is -4.12. The van der Waals surface area contributed by atoms with E-state index in [-0.39, 0.29) is 23.5 Å². The van der Waals surface area contributed by atoms with Crippen LogP contribution in [0.4, 0.5) is 16.2 Å². The number of carbonyl (C=O) groups excluding carboxylic acids is 2. The molecule has 1 aromatic heterocycles. The van der Waals surface area contributed by atoms with Gasteiger partial charge in [0, 0.05) is 54.8 Å². The zero-order chi connectivity index (χ0) is 27.1. The fourth-order valence-corrected chi connectivity index (χ4v) is 5.36. The first-order valence-corrected chi connectivity index (χ1v) is 13.0. The van der Waals surface area contributed by atoms with E-state index in [2.05, 4.69) is 4.98 Å². The summed E-state index contributed by atoms with van der Waals surface area (Å²) in [5.41, 5.74) is 2.37. The number of nitro benzene ring substituents is 1. The van der Waals surface area contributed by atoms with Crippen LogP contribution in [0, 0.1) is 10.1 Å². The van der Waals surface area contributed by atoms with E-state index in [9.17, 15) is 19.7 Å². The van der Waals surface area contributed by atoms with Crippen LogP contribution >= 0.6 is 11.8 Å². The molecule has 1 aliphatic rings. The van der Waals surface area contributed by atoms with E-state index >= 15 is 0 Å². The predicted molar refractivity (Wildman–Crippen MR) is 144 cm³/mol. The lowest BCUT2D eigenvalue weighted by atomic mass is 10.2. The zero-order valence-corrected chi connectivity index (χ0v) is 21.9. The number of rotatable bonds is 9. The molecule has 3 aromatic rings. The number of nitro groups is 1. The summed E-state index contributed by atoms with van der Waals surface area (Å²) in [6, 6.07) is 16.4. The number of amides is 2. The van der Waals surface area contributed by atoms with Gasteiger partial charge >= 0.3 is 6.09 Å². The minimum atomic E-state index is -0.689. The van der Waals surface area contributed by atoms with E-state index in [1.165, 1.54) is 21.9 Å². The first-order chi connectivity index (χ1) is 18.4. The zero-order valence-electron chi connectivity index (χ0n) is 21.1. The number of likely N-dealkylation sites (tertiary alicyclic amines) is 1. The van der Waals surface area contributed by atoms with Crippen LogP contribution in [0.2, 0.25) is 0 Å². The Morgan fingerprint density at radius 3 is 2.37 bits per heavy atom. The van der Waals surface area contributed by atoms with Crippen molar-refractivity contribution in [3.63, 3.8) is 0 Å². The van der Waals surface area contributed by atoms with E-state index in [4.69, 9.17) is 9.47 Å². The van der Waals surface area contributed by atoms with Crippen LogP contribution in [0.1, 0.15) is 17.5 Å². The first kappa shape index (κ1) is 26.9. The highest BCUT2D eigenvalue weighted by atomic mass is 32.2. The molecule has 0 radical (unpaired) electrons. The van der Waals surface area contributed by atoms with Crippen molar-refractivity contribution < 1.29 is 24.0 Å². The molecule has 2 aromatic carbocycles. The monoisotopic (exact) mass is 536 g/mol. The summed E-state index contributed by atoms with van der Waals surface area (Å²) < 4.78 is 10.7. The van der Waals surface area contributed by atoms with Gasteiger partial charge in [-0.2, -0.15) is 11.8 Å². The van der Waals surface area contributed by atoms with E-state index in [1.807, 2.05) is 24.3 Å². The SMILES string of the molecule is COc1ccc(CS[C@H]2C[C@@H](C(=O)N(C)c3ccncc3)N(C(=O)OCc3ccc([N+](=O)[O-])cc3)C2)cc1. The minimum Gasteiger partial charge on any atom is -0.497 e. The molecule has 38 heavy (non-hydrogen) atoms. The van der Waals surface area contributed by atoms with Gasteiger partial charge in [0.15, 0.2) is 0 Å². The van der Waals surface area contributed by atoms with Crippen molar-refractivity contribution in [3.05, 3.63) is 94.3 Å². The number of methoxy groups -OCH3 is 1. The van der Waals surface area contributed by atoms with Crippen LogP contribution < -0.4 is 9.64 Å². The Morgan fingerprint density at radius 2 is 1.74 bits per heavy atom. The summed E-state index contributed by atoms with van der Waals surface area (Å²) in [5.74, 6) is 1.30. The van der Waals surface area contributed by atoms with Gasteiger partial charge in [0.25, 0.3) is 5.69 Å². The highest BCUT2D eigenvalue weighted by Crippen LogP contribution is 2.32. The molecule has 198 valence electrons. The molecule has 0 N–H and O–H groups in total. The summed E-state index contributed by atoms with van der Waals surface area (Å²) in [6.45, 7) is 0.304. The first-order valence-electron chi connectivity index (χ1n) is 11.9. The maximum absolute atomic E-state index is 13.5. The van der Waals surface area contributed by atoms with Gasteiger partial charge in [-0.15, -0.1) is 0 Å². The Labute approximate surface area is 224 Å². The number of hydrogen-bond donors (Lipinski definition) is 0. The van der Waals surface area contributed by atoms with Gasteiger partial charge in [0.2, 0.25) is 5.91 Å². The van der Waals surface area contributed by atoms with Crippen molar-refractivity contribution in [1.29, 1.82) is 0 Å². The number of carbonyl (C=O) groups is 2. The van der Waals surface area contributed by atoms with Crippen molar-refractivity contribution in [2.75, 3.05) is 25.6 Å². The minimum absolute atomic E-state index is 0.0313. The molecule has 1 fully saturated rings. The number of anilines is 1. The number of aromatic nitrogens is 1. The Kier molecular flexibility index (Phi) is 8.80. The molecular weight excluding hydrogens is 508 g/mol. The standard InChI is InChI=1S/C27H28N4O6S/c1-29(21-11-13-28-14-12-21)26(32)25-15-24(38-18-20-5-9-23(36-2)10-6-20)16-30(25)27(33)37-17-19-3-7-22(8-4-19)31(34)35/h3-14,24-25H,15-18H2,1-2H3/t24-,25-/m0/s1. The Bertz CT molecular complexity index is 1260. The van der Waals surface area contributed by atoms with Crippen molar-refractivity contribution in [1.82, 2.24) is 9.88 Å². The van der Waals surface area contributed by atoms with E-state index in [0.717, 1.165) is 17.1 Å². The van der Waals surface area contributed by atoms with Crippen molar-refractivity contribution in [3.8, 4) is 5.75 Å². The third-order valence-corrected chi connectivity index (χ3v) is 7.63. The van der Waals surface area contributed by atoms with Gasteiger partial charge in [-0.1, -0.05) is 12.1 Å². The lowest BCUT2D eigenvalue weighted by molar-refractivity contribution is -0.384. The van der Waals surface area contributed by atoms with Crippen molar-refractivity contribution >= 4 is 35.1 Å². The molecule has 1 saturated heterocycles. The van der Waals surface area contributed by atoms with E-state index in [1.54, 1.807) is 62.6 Å². The summed E-state index contributed by atoms with van der Waals surface area (Å²) in [4.78, 5) is 44.0. The molecule has 0 unspecified atom stereocenters. The van der Waals surface area contributed by atoms with Gasteiger partial charge < -0.3 is 14.4 Å². The average molecular weight is 537 g/mol. The molecular formula is C27H28N4O6S. The maximum atomic E-state index is 13.5. The third-order valence-electron chi connectivity index (χ3n) is 6.32. The fraction of sp³-hybridized carbons (Fsp3) is 0.296. The van der Waals surface area contributed by atoms with E-state index in [0.29, 0.717) is 24.2 Å². The number of likely N-dealkylation sites (N-methyl/N-ethyl adjacent to an activating group) is 1. The highest BCUT2D eigenvalue weighted by Gasteiger charge is 2.42. The number of benzene rings is 2. The number of hydrogen-bond acceptors (Lipinski definition) is 8. The van der Waals surface area contributed by atoms with Gasteiger partial charge in [0.1, 0.15) is 18.4 Å². The van der Waals surface area contributed by atoms with Gasteiger partial charge in [-0.3, -0.25) is 24.8 Å². The summed E-state index contributed by atoms with van der Waals surface area (Å²) in [7, 11) is 3.30. The van der Waals surface area contributed by atoms with Crippen LogP contribution in [-0.4, -0.2) is 58.8 Å². The molecule has 0 spiro atoms. The number of non-ortho nitro benzene ring substituents is 1. The molecule has 2 atom stereocenters. The van der Waals surface area contributed by atoms with Gasteiger partial charge in [-0.05, 0) is 53.9 Å². The summed E-state index contributed by atoms with van der Waals surface area (Å²) in [5, 5.41) is 10.9. The molecule has 2 amide bonds. The molecule has 0 saturated carbocycles. The predicted octanol–water partition coefficient (Wildman–Crippen LogP) is 4.67. The fourth-order valence-electron chi connectivity index (χ4n) is 4.15. The molecule has 0 bridgehead atoms. The van der Waals surface area contributed by atoms with Crippen LogP contribution in [0.5, 0.6) is 5.75 Å². The van der Waals surface area contributed by atoms with Gasteiger partial charge in [-0.25, -0.2) is 4.79 Å². The highest BCUT2D eigenvalue weighted by molar-refractivity contribution is 7.99. The number of pyridine rings is 1. The maximum Gasteiger partial charge on any atom is 0.410 e. The normalized spacial score (nSPS) is 16.6. The van der Waals surface area contributed by atoms with Gasteiger partial charge in [0.05, 0.1) is 12.0 Å². The summed E-state index contributed by atoms with van der Waals surface area (Å²) >= 11 is 1.68. The second-order valence-electron chi connectivity index (χ2n) is 8.77. The molecule has 11 heteroatoms. The quantitative estimate of drug-likeness (QED) is 0.286. The smallest absolute Gasteiger partial charge is 0.410 e. The second-order valence-corrected chi connectivity index (χ2v) is 10.1. The molecule has 1 aliphatic heterocycles. The van der Waals surface area contributed by atoms with Crippen molar-refractivity contribution in [2.24, 2.45) is 0 Å². The van der Waals surface area contributed by atoms with E-state index < -0.39 is 17.1 Å². The number of nitrogens with zero attached hydrogens (tertiary/aromatic N) is 4. The second kappa shape index (κ2) is 12.4. The summed E-state index contributed by atoms with van der Waals surface area (Å²) in [6.07, 6.45) is 3.11. The van der Waals surface area contributed by atoms with Crippen LogP contribution in [-0.2, 0) is 21.9 Å². The lowest BCUT2D eigenvalue weighted by Gasteiger charge is -2.27. The van der Waals surface area contributed by atoms with Crippen LogP contribution in [0.3, 0.4) is 0 Å². The third kappa shape index (κ3) is 6.60. The molecule has 10 nitrogen and oxygen atoms in total. The lowest BCUT2D eigenvalue weighted by Crippen LogP contribution is -2.46. The Morgan fingerprint density at radius 1 is 1.08 bits per heavy atom. The Balaban J connectivity index is 1.44. The topological polar surface area (TPSA) is 115 Å². The van der Waals surface area contributed by atoms with Crippen LogP contribution in [0.15, 0.2) is 73.1 Å².